The lowest BCUT2D eigenvalue weighted by atomic mass is 10.2. The number of aryl methyl sites for hydroxylation is 1. The molecule has 1 fully saturated rings. The van der Waals surface area contributed by atoms with Gasteiger partial charge in [-0.2, -0.15) is 0 Å². The van der Waals surface area contributed by atoms with Crippen LogP contribution in [0, 0.1) is 6.92 Å². The predicted molar refractivity (Wildman–Crippen MR) is 62.9 cm³/mol. The minimum Gasteiger partial charge on any atom is -0.396 e. The summed E-state index contributed by atoms with van der Waals surface area (Å²) in [4.78, 5) is 6.58. The van der Waals surface area contributed by atoms with Gasteiger partial charge in [0.1, 0.15) is 5.82 Å². The van der Waals surface area contributed by atoms with Gasteiger partial charge < -0.3 is 16.0 Å². The van der Waals surface area contributed by atoms with Gasteiger partial charge in [0.2, 0.25) is 0 Å². The van der Waals surface area contributed by atoms with Crippen molar-refractivity contribution >= 4 is 11.5 Å². The van der Waals surface area contributed by atoms with Crippen molar-refractivity contribution in [3.05, 3.63) is 17.8 Å². The van der Waals surface area contributed by atoms with Crippen molar-refractivity contribution in [2.45, 2.75) is 19.4 Å². The highest BCUT2D eigenvalue weighted by molar-refractivity contribution is 5.65. The second-order valence-corrected chi connectivity index (χ2v) is 4.28. The standard InChI is InChI=1S/C11H18N4/c1-8-3-5-13-11(10(8)12)14-9-4-6-15(2)7-9/h3,5,9H,4,6-7,12H2,1-2H3,(H,13,14). The third-order valence-electron chi connectivity index (χ3n) is 2.94. The lowest BCUT2D eigenvalue weighted by molar-refractivity contribution is 0.414. The SMILES string of the molecule is Cc1ccnc(NC2CCN(C)C2)c1N. The summed E-state index contributed by atoms with van der Waals surface area (Å²) in [6.45, 7) is 4.21. The second kappa shape index (κ2) is 4.06. The van der Waals surface area contributed by atoms with Gasteiger partial charge in [0.15, 0.2) is 0 Å². The Morgan fingerprint density at radius 1 is 1.60 bits per heavy atom. The lowest BCUT2D eigenvalue weighted by Crippen LogP contribution is -2.24. The van der Waals surface area contributed by atoms with Gasteiger partial charge in [-0.3, -0.25) is 0 Å². The zero-order valence-corrected chi connectivity index (χ0v) is 9.33. The van der Waals surface area contributed by atoms with Gasteiger partial charge in [0.05, 0.1) is 5.69 Å². The number of aromatic nitrogens is 1. The monoisotopic (exact) mass is 206 g/mol. The number of likely N-dealkylation sites (N-methyl/N-ethyl adjacent to an activating group) is 1. The fourth-order valence-electron chi connectivity index (χ4n) is 1.93. The van der Waals surface area contributed by atoms with E-state index in [2.05, 4.69) is 22.2 Å². The van der Waals surface area contributed by atoms with Crippen LogP contribution in [0.1, 0.15) is 12.0 Å². The molecule has 1 aliphatic rings. The molecule has 0 aromatic carbocycles. The molecule has 0 aliphatic carbocycles. The molecule has 82 valence electrons. The summed E-state index contributed by atoms with van der Waals surface area (Å²) in [6.07, 6.45) is 2.96. The van der Waals surface area contributed by atoms with E-state index in [1.165, 1.54) is 0 Å². The van der Waals surface area contributed by atoms with E-state index in [9.17, 15) is 0 Å². The normalized spacial score (nSPS) is 21.9. The smallest absolute Gasteiger partial charge is 0.149 e. The maximum absolute atomic E-state index is 5.96. The molecule has 0 bridgehead atoms. The van der Waals surface area contributed by atoms with Crippen molar-refractivity contribution in [1.82, 2.24) is 9.88 Å². The predicted octanol–water partition coefficient (Wildman–Crippen LogP) is 1.09. The van der Waals surface area contributed by atoms with Crippen LogP contribution in [0.2, 0.25) is 0 Å². The molecule has 2 rings (SSSR count). The molecule has 1 aromatic rings. The molecule has 3 N–H and O–H groups in total. The van der Waals surface area contributed by atoms with E-state index in [1.807, 2.05) is 13.0 Å². The summed E-state index contributed by atoms with van der Waals surface area (Å²) < 4.78 is 0. The molecule has 15 heavy (non-hydrogen) atoms. The van der Waals surface area contributed by atoms with Crippen LogP contribution in [0.25, 0.3) is 0 Å². The van der Waals surface area contributed by atoms with Crippen molar-refractivity contribution in [1.29, 1.82) is 0 Å². The third kappa shape index (κ3) is 2.21. The summed E-state index contributed by atoms with van der Waals surface area (Å²) in [5, 5.41) is 3.40. The molecule has 0 amide bonds. The highest BCUT2D eigenvalue weighted by Crippen LogP contribution is 2.21. The molecule has 4 nitrogen and oxygen atoms in total. The number of hydrogen-bond acceptors (Lipinski definition) is 4. The van der Waals surface area contributed by atoms with Gasteiger partial charge in [-0.25, -0.2) is 4.98 Å². The number of nitrogens with two attached hydrogens (primary N) is 1. The van der Waals surface area contributed by atoms with Gasteiger partial charge in [0, 0.05) is 18.8 Å². The van der Waals surface area contributed by atoms with Crippen LogP contribution in [0.4, 0.5) is 11.5 Å². The zero-order chi connectivity index (χ0) is 10.8. The third-order valence-corrected chi connectivity index (χ3v) is 2.94. The minimum atomic E-state index is 0.478. The Hall–Kier alpha value is -1.29. The molecule has 1 saturated heterocycles. The van der Waals surface area contributed by atoms with E-state index in [1.54, 1.807) is 6.20 Å². The average Bonchev–Trinajstić information content (AvgIpc) is 2.59. The van der Waals surface area contributed by atoms with Gasteiger partial charge in [-0.1, -0.05) is 0 Å². The fraction of sp³-hybridized carbons (Fsp3) is 0.545. The molecule has 4 heteroatoms. The minimum absolute atomic E-state index is 0.478. The van der Waals surface area contributed by atoms with Crippen LogP contribution < -0.4 is 11.1 Å². The number of rotatable bonds is 2. The molecule has 0 radical (unpaired) electrons. The van der Waals surface area contributed by atoms with E-state index in [4.69, 9.17) is 5.73 Å². The number of nitrogens with one attached hydrogen (secondary N) is 1. The molecule has 1 unspecified atom stereocenters. The van der Waals surface area contributed by atoms with Crippen LogP contribution in [-0.2, 0) is 0 Å². The molecule has 0 saturated carbocycles. The number of likely N-dealkylation sites (tertiary alicyclic amines) is 1. The lowest BCUT2D eigenvalue weighted by Gasteiger charge is -2.15. The summed E-state index contributed by atoms with van der Waals surface area (Å²) in [5.41, 5.74) is 7.81. The Morgan fingerprint density at radius 2 is 2.40 bits per heavy atom. The van der Waals surface area contributed by atoms with Crippen LogP contribution in [0.3, 0.4) is 0 Å². The Labute approximate surface area is 90.5 Å². The number of nitrogens with zero attached hydrogens (tertiary/aromatic N) is 2. The zero-order valence-electron chi connectivity index (χ0n) is 9.33. The first kappa shape index (κ1) is 10.2. The summed E-state index contributed by atoms with van der Waals surface area (Å²) in [7, 11) is 2.13. The molecule has 2 heterocycles. The van der Waals surface area contributed by atoms with Crippen molar-refractivity contribution in [2.24, 2.45) is 0 Å². The topological polar surface area (TPSA) is 54.2 Å². The second-order valence-electron chi connectivity index (χ2n) is 4.28. The molecule has 1 aromatic heterocycles. The van der Waals surface area contributed by atoms with Crippen LogP contribution in [0.15, 0.2) is 12.3 Å². The first-order valence-electron chi connectivity index (χ1n) is 5.33. The molecular weight excluding hydrogens is 188 g/mol. The van der Waals surface area contributed by atoms with E-state index in [0.717, 1.165) is 36.6 Å². The summed E-state index contributed by atoms with van der Waals surface area (Å²) >= 11 is 0. The van der Waals surface area contributed by atoms with E-state index in [-0.39, 0.29) is 0 Å². The first-order chi connectivity index (χ1) is 7.16. The number of hydrogen-bond donors (Lipinski definition) is 2. The Morgan fingerprint density at radius 3 is 3.07 bits per heavy atom. The fourth-order valence-corrected chi connectivity index (χ4v) is 1.93. The van der Waals surface area contributed by atoms with Gasteiger partial charge in [-0.05, 0) is 38.6 Å². The number of nitrogen functional groups attached to an aromatic ring is 1. The van der Waals surface area contributed by atoms with Gasteiger partial charge in [0.25, 0.3) is 0 Å². The average molecular weight is 206 g/mol. The summed E-state index contributed by atoms with van der Waals surface area (Å²) in [5.74, 6) is 0.829. The van der Waals surface area contributed by atoms with E-state index in [0.29, 0.717) is 6.04 Å². The maximum atomic E-state index is 5.96. The van der Waals surface area contributed by atoms with Crippen LogP contribution >= 0.6 is 0 Å². The molecule has 1 aliphatic heterocycles. The van der Waals surface area contributed by atoms with Crippen molar-refractivity contribution < 1.29 is 0 Å². The molecule has 0 spiro atoms. The van der Waals surface area contributed by atoms with Crippen LogP contribution in [0.5, 0.6) is 0 Å². The first-order valence-corrected chi connectivity index (χ1v) is 5.33. The Kier molecular flexibility index (Phi) is 2.77. The maximum Gasteiger partial charge on any atom is 0.149 e. The molecular formula is C11H18N4. The highest BCUT2D eigenvalue weighted by Gasteiger charge is 2.20. The van der Waals surface area contributed by atoms with Crippen molar-refractivity contribution in [2.75, 3.05) is 31.2 Å². The quantitative estimate of drug-likeness (QED) is 0.760. The largest absolute Gasteiger partial charge is 0.396 e. The number of pyridine rings is 1. The van der Waals surface area contributed by atoms with Gasteiger partial charge in [-0.15, -0.1) is 0 Å². The van der Waals surface area contributed by atoms with Crippen molar-refractivity contribution in [3.8, 4) is 0 Å². The van der Waals surface area contributed by atoms with E-state index >= 15 is 0 Å². The summed E-state index contributed by atoms with van der Waals surface area (Å²) in [6, 6.07) is 2.41. The highest BCUT2D eigenvalue weighted by atomic mass is 15.2. The number of anilines is 2. The Balaban J connectivity index is 2.07. The van der Waals surface area contributed by atoms with Crippen molar-refractivity contribution in [3.63, 3.8) is 0 Å². The van der Waals surface area contributed by atoms with E-state index < -0.39 is 0 Å². The van der Waals surface area contributed by atoms with Crippen LogP contribution in [-0.4, -0.2) is 36.1 Å². The Bertz CT molecular complexity index is 350. The van der Waals surface area contributed by atoms with Gasteiger partial charge >= 0.3 is 0 Å². The molecule has 1 atom stereocenters.